The van der Waals surface area contributed by atoms with Crippen LogP contribution < -0.4 is 30.7 Å². The van der Waals surface area contributed by atoms with E-state index in [1.54, 1.807) is 48.5 Å². The molecule has 0 aliphatic carbocycles. The van der Waals surface area contributed by atoms with E-state index in [4.69, 9.17) is 9.47 Å². The first-order chi connectivity index (χ1) is 34.1. The molecule has 0 N–H and O–H groups in total. The summed E-state index contributed by atoms with van der Waals surface area (Å²) >= 11 is 0. The largest absolute Gasteiger partial charge is 0.496 e. The molecule has 72 heavy (non-hydrogen) atoms. The smallest absolute Gasteiger partial charge is 0.416 e. The van der Waals surface area contributed by atoms with Crippen molar-refractivity contribution in [1.82, 2.24) is 0 Å². The Hall–Kier alpha value is -6.62. The lowest BCUT2D eigenvalue weighted by molar-refractivity contribution is -0.138. The molecule has 0 aromatic heterocycles. The van der Waals surface area contributed by atoms with Crippen LogP contribution in [0, 0.1) is 0 Å². The summed E-state index contributed by atoms with van der Waals surface area (Å²) in [6, 6.07) is 43.2. The van der Waals surface area contributed by atoms with Gasteiger partial charge in [-0.15, -0.1) is 0 Å². The lowest BCUT2D eigenvalue weighted by Gasteiger charge is -2.29. The van der Waals surface area contributed by atoms with Gasteiger partial charge in [0.25, 0.3) is 0 Å². The van der Waals surface area contributed by atoms with Crippen molar-refractivity contribution in [2.75, 3.05) is 14.2 Å². The lowest BCUT2D eigenvalue weighted by atomic mass is 9.86. The summed E-state index contributed by atoms with van der Waals surface area (Å²) in [5, 5.41) is 1.63. The van der Waals surface area contributed by atoms with Gasteiger partial charge in [-0.1, -0.05) is 121 Å². The topological polar surface area (TPSA) is 18.5 Å². The Balaban J connectivity index is 1.45. The number of ether oxygens (including phenoxy) is 2. The van der Waals surface area contributed by atoms with Gasteiger partial charge in [0, 0.05) is 23.5 Å². The zero-order chi connectivity index (χ0) is 51.6. The summed E-state index contributed by atoms with van der Waals surface area (Å²) in [4.78, 5) is 0. The van der Waals surface area contributed by atoms with Crippen LogP contribution in [0.2, 0.25) is 0 Å². The highest BCUT2D eigenvalue weighted by atomic mass is 31.1. The molecule has 0 bridgehead atoms. The van der Waals surface area contributed by atoms with E-state index in [1.165, 1.54) is 62.8 Å². The van der Waals surface area contributed by atoms with Crippen molar-refractivity contribution in [2.24, 2.45) is 0 Å². The number of alkyl halides is 12. The summed E-state index contributed by atoms with van der Waals surface area (Å²) in [5.41, 5.74) is 0.937. The molecule has 0 radical (unpaired) electrons. The molecule has 0 amide bonds. The Kier molecular flexibility index (Phi) is 15.0. The second-order valence-electron chi connectivity index (χ2n) is 16.4. The number of rotatable bonds is 13. The van der Waals surface area contributed by atoms with Gasteiger partial charge in [-0.2, -0.15) is 52.7 Å². The van der Waals surface area contributed by atoms with Crippen LogP contribution in [0.4, 0.5) is 52.7 Å². The summed E-state index contributed by atoms with van der Waals surface area (Å²) < 4.78 is 180. The average molecular weight is 1030 g/mol. The Morgan fingerprint density at radius 1 is 0.319 bits per heavy atom. The summed E-state index contributed by atoms with van der Waals surface area (Å²) in [5.74, 6) is 0.579. The van der Waals surface area contributed by atoms with E-state index < -0.39 is 62.8 Å². The van der Waals surface area contributed by atoms with Gasteiger partial charge in [-0.3, -0.25) is 0 Å². The van der Waals surface area contributed by atoms with Crippen molar-refractivity contribution in [1.29, 1.82) is 0 Å². The van der Waals surface area contributed by atoms with Crippen molar-refractivity contribution in [2.45, 2.75) is 37.0 Å². The number of methoxy groups -OCH3 is 2. The van der Waals surface area contributed by atoms with Gasteiger partial charge >= 0.3 is 24.7 Å². The molecule has 0 spiro atoms. The molecule has 8 aromatic carbocycles. The van der Waals surface area contributed by atoms with Gasteiger partial charge in [0.05, 0.1) is 36.5 Å². The van der Waals surface area contributed by atoms with Crippen LogP contribution in [0.3, 0.4) is 0 Å². The molecule has 0 unspecified atom stereocenters. The molecule has 16 heteroatoms. The summed E-state index contributed by atoms with van der Waals surface area (Å²) in [6.45, 7) is 0. The van der Waals surface area contributed by atoms with E-state index in [1.807, 2.05) is 36.4 Å². The van der Waals surface area contributed by atoms with Gasteiger partial charge in [-0.05, 0) is 131 Å². The molecule has 0 saturated heterocycles. The molecule has 370 valence electrons. The molecule has 2 nitrogen and oxygen atoms in total. The van der Waals surface area contributed by atoms with E-state index in [-0.39, 0.29) is 23.8 Å². The predicted molar refractivity (Wildman–Crippen MR) is 261 cm³/mol. The minimum Gasteiger partial charge on any atom is -0.496 e. The standard InChI is InChI=1S/C56H40F12O2P2/c1-69-49-31-29-45(35-9-5-3-6-10-35)47(33-71(41-21-13-37(14-22-41)53(57,58)59)42-23-15-38(16-24-42)54(60,61)62)51(49)52-48(46(30-32-50(52)70-2)36-11-7-4-8-12-36)34-72(43-25-17-39(18-26-43)55(63,64)65)44-27-19-40(20-28-44)56(66,67)68/h3-32H,33-34H2,1-2H3. The zero-order valence-electron chi connectivity index (χ0n) is 38.0. The monoisotopic (exact) mass is 1030 g/mol. The van der Waals surface area contributed by atoms with Crippen molar-refractivity contribution in [3.05, 3.63) is 215 Å². The zero-order valence-corrected chi connectivity index (χ0v) is 39.8. The highest BCUT2D eigenvalue weighted by molar-refractivity contribution is 7.72. The maximum atomic E-state index is 14.0. The lowest BCUT2D eigenvalue weighted by Crippen LogP contribution is -2.17. The number of halogens is 12. The summed E-state index contributed by atoms with van der Waals surface area (Å²) in [7, 11) is -0.841. The van der Waals surface area contributed by atoms with Crippen LogP contribution in [0.25, 0.3) is 33.4 Å². The van der Waals surface area contributed by atoms with E-state index in [0.29, 0.717) is 65.7 Å². The molecule has 0 aliphatic rings. The maximum absolute atomic E-state index is 14.0. The second kappa shape index (κ2) is 20.8. The van der Waals surface area contributed by atoms with Crippen LogP contribution in [-0.2, 0) is 37.0 Å². The predicted octanol–water partition coefficient (Wildman–Crippen LogP) is 16.0. The van der Waals surface area contributed by atoms with Gasteiger partial charge in [0.2, 0.25) is 0 Å². The number of hydrogen-bond donors (Lipinski definition) is 0. The normalized spacial score (nSPS) is 12.4. The highest BCUT2D eigenvalue weighted by Crippen LogP contribution is 2.54. The molecule has 0 aliphatic heterocycles. The first-order valence-corrected chi connectivity index (χ1v) is 25.0. The van der Waals surface area contributed by atoms with Crippen molar-refractivity contribution in [3.8, 4) is 44.9 Å². The van der Waals surface area contributed by atoms with Gasteiger partial charge in [-0.25, -0.2) is 0 Å². The summed E-state index contributed by atoms with van der Waals surface area (Å²) in [6.07, 6.45) is -18.7. The van der Waals surface area contributed by atoms with Crippen LogP contribution >= 0.6 is 15.8 Å². The molecule has 0 saturated carbocycles. The van der Waals surface area contributed by atoms with Crippen LogP contribution in [0.5, 0.6) is 11.5 Å². The quantitative estimate of drug-likeness (QED) is 0.0846. The first-order valence-electron chi connectivity index (χ1n) is 21.9. The first kappa shape index (κ1) is 51.7. The fraction of sp³-hybridized carbons (Fsp3) is 0.143. The van der Waals surface area contributed by atoms with Gasteiger partial charge < -0.3 is 9.47 Å². The van der Waals surface area contributed by atoms with Crippen molar-refractivity contribution in [3.63, 3.8) is 0 Å². The molecule has 0 atom stereocenters. The number of benzene rings is 8. The fourth-order valence-electron chi connectivity index (χ4n) is 8.55. The minimum atomic E-state index is -4.69. The fourth-order valence-corrected chi connectivity index (χ4v) is 13.2. The molecular formula is C56H40F12O2P2. The third-order valence-corrected chi connectivity index (χ3v) is 17.0. The third kappa shape index (κ3) is 11.4. The Morgan fingerprint density at radius 2 is 0.569 bits per heavy atom. The second-order valence-corrected chi connectivity index (χ2v) is 20.8. The molecule has 8 rings (SSSR count). The minimum absolute atomic E-state index is 0.00749. The van der Waals surface area contributed by atoms with Crippen LogP contribution in [0.1, 0.15) is 33.4 Å². The average Bonchev–Trinajstić information content (AvgIpc) is 3.36. The molecular weight excluding hydrogens is 995 g/mol. The third-order valence-electron chi connectivity index (χ3n) is 12.1. The molecule has 8 aromatic rings. The maximum Gasteiger partial charge on any atom is 0.416 e. The van der Waals surface area contributed by atoms with Crippen LogP contribution in [-0.4, -0.2) is 14.2 Å². The van der Waals surface area contributed by atoms with Crippen LogP contribution in [0.15, 0.2) is 182 Å². The van der Waals surface area contributed by atoms with Crippen molar-refractivity contribution >= 4 is 37.1 Å². The Morgan fingerprint density at radius 3 is 0.792 bits per heavy atom. The van der Waals surface area contributed by atoms with Crippen molar-refractivity contribution < 1.29 is 62.2 Å². The Labute approximate surface area is 409 Å². The highest BCUT2D eigenvalue weighted by Gasteiger charge is 2.35. The number of hydrogen-bond acceptors (Lipinski definition) is 2. The van der Waals surface area contributed by atoms with Gasteiger partial charge in [0.15, 0.2) is 0 Å². The SMILES string of the molecule is COc1ccc(-c2ccccc2)c(CP(c2ccc(C(F)(F)F)cc2)c2ccc(C(F)(F)F)cc2)c1-c1c(OC)ccc(-c2ccccc2)c1CP(c1ccc(C(F)(F)F)cc1)c1ccc(C(F)(F)F)cc1. The molecule has 0 heterocycles. The van der Waals surface area contributed by atoms with Gasteiger partial charge in [0.1, 0.15) is 11.5 Å². The van der Waals surface area contributed by atoms with E-state index in [0.717, 1.165) is 48.5 Å². The van der Waals surface area contributed by atoms with E-state index >= 15 is 0 Å². The molecule has 0 fully saturated rings. The van der Waals surface area contributed by atoms with E-state index in [9.17, 15) is 52.7 Å². The Bertz CT molecular complexity index is 2790. The van der Waals surface area contributed by atoms with E-state index in [2.05, 4.69) is 0 Å².